The molecule has 4 atom stereocenters. The molecule has 0 aliphatic carbocycles. The van der Waals surface area contributed by atoms with E-state index in [1.54, 1.807) is 36.9 Å². The van der Waals surface area contributed by atoms with E-state index in [4.69, 9.17) is 14.2 Å². The number of hydrogen-bond acceptors (Lipinski definition) is 8. The number of rotatable bonds is 11. The van der Waals surface area contributed by atoms with Gasteiger partial charge in [0, 0.05) is 28.7 Å². The average molecular weight is 519 g/mol. The van der Waals surface area contributed by atoms with Gasteiger partial charge in [0.2, 0.25) is 0 Å². The quantitative estimate of drug-likeness (QED) is 0.263. The van der Waals surface area contributed by atoms with Crippen molar-refractivity contribution < 1.29 is 34.0 Å². The summed E-state index contributed by atoms with van der Waals surface area (Å²) < 4.78 is 17.6. The van der Waals surface area contributed by atoms with Crippen molar-refractivity contribution in [2.45, 2.75) is 39.0 Å². The third-order valence-electron chi connectivity index (χ3n) is 5.76. The van der Waals surface area contributed by atoms with E-state index in [9.17, 15) is 19.8 Å². The number of urea groups is 1. The molecule has 0 bridgehead atoms. The highest BCUT2D eigenvalue weighted by Crippen LogP contribution is 2.42. The number of thioether (sulfide) groups is 1. The number of benzene rings is 2. The number of aliphatic hydroxyl groups is 2. The molecule has 10 heteroatoms. The second-order valence-electron chi connectivity index (χ2n) is 8.36. The van der Waals surface area contributed by atoms with Gasteiger partial charge in [0.15, 0.2) is 6.29 Å². The van der Waals surface area contributed by atoms with Gasteiger partial charge in [0.1, 0.15) is 6.54 Å². The van der Waals surface area contributed by atoms with Gasteiger partial charge in [-0.05, 0) is 30.2 Å². The fourth-order valence-electron chi connectivity index (χ4n) is 3.88. The number of esters is 1. The third kappa shape index (κ3) is 7.94. The second kappa shape index (κ2) is 14.2. The van der Waals surface area contributed by atoms with E-state index in [1.165, 1.54) is 0 Å². The number of nitrogens with one attached hydrogen (secondary N) is 2. The van der Waals surface area contributed by atoms with Gasteiger partial charge in [0.25, 0.3) is 0 Å². The standard InChI is InChI=1S/C26H34N2O7S/c1-3-33-23(31)14-27-26(32)28-21-6-4-5-20(13-21)25-34-22(16-36-12-11-29)17(2)24(35-25)19-9-7-18(15-30)8-10-19/h4-10,13,17,22,24-25,29-30H,3,11-12,14-16H2,1-2H3,(H2,27,28,32)/t17-,22+,24+,25+/m1/s1. The number of amides is 2. The number of carbonyl (C=O) groups is 2. The lowest BCUT2D eigenvalue weighted by molar-refractivity contribution is -0.268. The summed E-state index contributed by atoms with van der Waals surface area (Å²) in [5, 5.41) is 23.8. The first-order chi connectivity index (χ1) is 17.4. The largest absolute Gasteiger partial charge is 0.465 e. The predicted molar refractivity (Wildman–Crippen MR) is 137 cm³/mol. The van der Waals surface area contributed by atoms with Crippen molar-refractivity contribution in [3.05, 3.63) is 65.2 Å². The van der Waals surface area contributed by atoms with Gasteiger partial charge < -0.3 is 35.1 Å². The lowest BCUT2D eigenvalue weighted by Crippen LogP contribution is -2.38. The highest BCUT2D eigenvalue weighted by atomic mass is 32.2. The first-order valence-electron chi connectivity index (χ1n) is 11.9. The van der Waals surface area contributed by atoms with E-state index >= 15 is 0 Å². The third-order valence-corrected chi connectivity index (χ3v) is 6.79. The van der Waals surface area contributed by atoms with E-state index in [0.717, 1.165) is 16.7 Å². The second-order valence-corrected chi connectivity index (χ2v) is 9.51. The predicted octanol–water partition coefficient (Wildman–Crippen LogP) is 3.38. The molecule has 36 heavy (non-hydrogen) atoms. The minimum atomic E-state index is -0.673. The molecule has 0 unspecified atom stereocenters. The normalized spacial score (nSPS) is 21.6. The molecule has 1 aliphatic rings. The fraction of sp³-hybridized carbons (Fsp3) is 0.462. The summed E-state index contributed by atoms with van der Waals surface area (Å²) >= 11 is 1.62. The first kappa shape index (κ1) is 27.9. The Kier molecular flexibility index (Phi) is 11.0. The smallest absolute Gasteiger partial charge is 0.325 e. The summed E-state index contributed by atoms with van der Waals surface area (Å²) in [6.07, 6.45) is -1.05. The van der Waals surface area contributed by atoms with Crippen LogP contribution in [0.1, 0.15) is 42.9 Å². The molecule has 1 fully saturated rings. The molecule has 0 spiro atoms. The Morgan fingerprint density at radius 1 is 1.08 bits per heavy atom. The summed E-state index contributed by atoms with van der Waals surface area (Å²) in [6, 6.07) is 14.3. The molecule has 2 aromatic carbocycles. The Balaban J connectivity index is 1.75. The van der Waals surface area contributed by atoms with Crippen LogP contribution in [-0.4, -0.2) is 59.6 Å². The Bertz CT molecular complexity index is 989. The molecule has 1 heterocycles. The van der Waals surface area contributed by atoms with Gasteiger partial charge in [-0.25, -0.2) is 4.79 Å². The molecule has 1 saturated heterocycles. The van der Waals surface area contributed by atoms with Crippen LogP contribution in [0.25, 0.3) is 0 Å². The monoisotopic (exact) mass is 518 g/mol. The molecule has 196 valence electrons. The van der Waals surface area contributed by atoms with Gasteiger partial charge >= 0.3 is 12.0 Å². The van der Waals surface area contributed by atoms with Crippen LogP contribution in [-0.2, 0) is 25.6 Å². The van der Waals surface area contributed by atoms with Crippen LogP contribution in [0, 0.1) is 5.92 Å². The van der Waals surface area contributed by atoms with Crippen LogP contribution in [0.5, 0.6) is 0 Å². The number of aliphatic hydroxyl groups excluding tert-OH is 2. The summed E-state index contributed by atoms with van der Waals surface area (Å²) in [5.41, 5.74) is 3.07. The maximum absolute atomic E-state index is 12.2. The molecule has 0 saturated carbocycles. The molecule has 3 rings (SSSR count). The van der Waals surface area contributed by atoms with Crippen molar-refractivity contribution in [3.63, 3.8) is 0 Å². The van der Waals surface area contributed by atoms with Gasteiger partial charge in [-0.3, -0.25) is 4.79 Å². The molecule has 0 aromatic heterocycles. The van der Waals surface area contributed by atoms with E-state index in [2.05, 4.69) is 17.6 Å². The highest BCUT2D eigenvalue weighted by molar-refractivity contribution is 7.99. The zero-order valence-electron chi connectivity index (χ0n) is 20.5. The van der Waals surface area contributed by atoms with Gasteiger partial charge in [-0.2, -0.15) is 11.8 Å². The van der Waals surface area contributed by atoms with Crippen LogP contribution in [0.2, 0.25) is 0 Å². The van der Waals surface area contributed by atoms with Crippen LogP contribution >= 0.6 is 11.8 Å². The topological polar surface area (TPSA) is 126 Å². The Labute approximate surface area is 215 Å². The van der Waals surface area contributed by atoms with Crippen LogP contribution in [0.3, 0.4) is 0 Å². The highest BCUT2D eigenvalue weighted by Gasteiger charge is 2.38. The summed E-state index contributed by atoms with van der Waals surface area (Å²) in [7, 11) is 0. The number of hydrogen-bond donors (Lipinski definition) is 4. The lowest BCUT2D eigenvalue weighted by atomic mass is 9.91. The van der Waals surface area contributed by atoms with Crippen molar-refractivity contribution >= 4 is 29.4 Å². The van der Waals surface area contributed by atoms with Gasteiger partial charge in [-0.15, -0.1) is 0 Å². The number of anilines is 1. The van der Waals surface area contributed by atoms with Crippen molar-refractivity contribution in [1.82, 2.24) is 5.32 Å². The molecule has 4 N–H and O–H groups in total. The zero-order valence-corrected chi connectivity index (χ0v) is 21.3. The average Bonchev–Trinajstić information content (AvgIpc) is 2.89. The molecular formula is C26H34N2O7S. The number of carbonyl (C=O) groups excluding carboxylic acids is 2. The maximum atomic E-state index is 12.2. The maximum Gasteiger partial charge on any atom is 0.325 e. The van der Waals surface area contributed by atoms with E-state index in [-0.39, 0.29) is 44.5 Å². The summed E-state index contributed by atoms with van der Waals surface area (Å²) in [5.74, 6) is 0.847. The zero-order chi connectivity index (χ0) is 25.9. The van der Waals surface area contributed by atoms with Crippen molar-refractivity contribution in [2.24, 2.45) is 5.92 Å². The first-order valence-corrected chi connectivity index (χ1v) is 13.1. The van der Waals surface area contributed by atoms with Gasteiger partial charge in [-0.1, -0.05) is 43.3 Å². The molecular weight excluding hydrogens is 484 g/mol. The van der Waals surface area contributed by atoms with Crippen molar-refractivity contribution in [3.8, 4) is 0 Å². The fourth-order valence-corrected chi connectivity index (χ4v) is 4.79. The van der Waals surface area contributed by atoms with Crippen molar-refractivity contribution in [2.75, 3.05) is 36.6 Å². The van der Waals surface area contributed by atoms with E-state index in [1.807, 2.05) is 30.3 Å². The minimum absolute atomic E-state index is 0.0271. The SMILES string of the molecule is CCOC(=O)CNC(=O)Nc1cccc([C@H]2O[C@@H](CSCCO)[C@@H](C)[C@@H](c3ccc(CO)cc3)O2)c1. The molecule has 1 aliphatic heterocycles. The van der Waals surface area contributed by atoms with E-state index in [0.29, 0.717) is 17.2 Å². The molecule has 2 amide bonds. The number of ether oxygens (including phenoxy) is 3. The molecule has 0 radical (unpaired) electrons. The molecule has 9 nitrogen and oxygen atoms in total. The van der Waals surface area contributed by atoms with Crippen LogP contribution < -0.4 is 10.6 Å². The van der Waals surface area contributed by atoms with Crippen LogP contribution in [0.15, 0.2) is 48.5 Å². The van der Waals surface area contributed by atoms with E-state index < -0.39 is 18.3 Å². The molecule has 2 aromatic rings. The Hall–Kier alpha value is -2.63. The van der Waals surface area contributed by atoms with Crippen molar-refractivity contribution in [1.29, 1.82) is 0 Å². The Morgan fingerprint density at radius 2 is 1.86 bits per heavy atom. The van der Waals surface area contributed by atoms with Crippen LogP contribution in [0.4, 0.5) is 10.5 Å². The van der Waals surface area contributed by atoms with Gasteiger partial charge in [0.05, 0.1) is 32.0 Å². The minimum Gasteiger partial charge on any atom is -0.465 e. The Morgan fingerprint density at radius 3 is 2.56 bits per heavy atom. The lowest BCUT2D eigenvalue weighted by Gasteiger charge is -2.41. The summed E-state index contributed by atoms with van der Waals surface area (Å²) in [6.45, 7) is 3.87. The summed E-state index contributed by atoms with van der Waals surface area (Å²) in [4.78, 5) is 23.7.